The fourth-order valence-corrected chi connectivity index (χ4v) is 4.42. The highest BCUT2D eigenvalue weighted by Crippen LogP contribution is 2.36. The Labute approximate surface area is 124 Å². The Morgan fingerprint density at radius 2 is 1.86 bits per heavy atom. The molecule has 3 heterocycles. The van der Waals surface area contributed by atoms with Gasteiger partial charge in [-0.3, -0.25) is 0 Å². The molecule has 0 amide bonds. The lowest BCUT2D eigenvalue weighted by atomic mass is 9.91. The third-order valence-electron chi connectivity index (χ3n) is 5.41. The van der Waals surface area contributed by atoms with Gasteiger partial charge in [-0.15, -0.1) is 0 Å². The van der Waals surface area contributed by atoms with Crippen molar-refractivity contribution < 1.29 is 4.90 Å². The molecule has 0 spiro atoms. The molecule has 104 valence electrons. The molecular weight excluding hydrogens is 256 g/mol. The number of rotatable bonds is 0. The van der Waals surface area contributed by atoms with Crippen LogP contribution in [0.2, 0.25) is 0 Å². The van der Waals surface area contributed by atoms with Gasteiger partial charge in [-0.05, 0) is 18.6 Å². The lowest BCUT2D eigenvalue weighted by molar-refractivity contribution is -0.957. The van der Waals surface area contributed by atoms with E-state index in [1.54, 1.807) is 10.5 Å². The van der Waals surface area contributed by atoms with Crippen LogP contribution in [0.5, 0.6) is 0 Å². The number of aromatic amines is 1. The summed E-state index contributed by atoms with van der Waals surface area (Å²) < 4.78 is 0. The van der Waals surface area contributed by atoms with Crippen LogP contribution in [0.3, 0.4) is 0 Å². The lowest BCUT2D eigenvalue weighted by Crippen LogP contribution is -3.14. The molecular formula is C19H19N2+. The molecule has 0 fully saturated rings. The second kappa shape index (κ2) is 3.99. The van der Waals surface area contributed by atoms with Crippen LogP contribution in [0.4, 0.5) is 0 Å². The number of nitrogens with one attached hydrogen (secondary N) is 2. The highest BCUT2D eigenvalue weighted by Gasteiger charge is 2.44. The predicted octanol–water partition coefficient (Wildman–Crippen LogP) is 2.60. The van der Waals surface area contributed by atoms with Crippen LogP contribution in [0, 0.1) is 0 Å². The molecule has 21 heavy (non-hydrogen) atoms. The highest BCUT2D eigenvalue weighted by molar-refractivity contribution is 5.85. The molecule has 0 aliphatic carbocycles. The summed E-state index contributed by atoms with van der Waals surface area (Å²) in [4.78, 5) is 5.43. The van der Waals surface area contributed by atoms with Crippen molar-refractivity contribution in [3.05, 3.63) is 70.9 Å². The second-order valence-corrected chi connectivity index (χ2v) is 6.55. The number of fused-ring (bicyclic) bond motifs is 7. The zero-order chi connectivity index (χ0) is 14.0. The van der Waals surface area contributed by atoms with Crippen LogP contribution in [-0.2, 0) is 13.0 Å². The summed E-state index contributed by atoms with van der Waals surface area (Å²) in [5.74, 6) is 0. The van der Waals surface area contributed by atoms with Crippen molar-refractivity contribution in [3.8, 4) is 0 Å². The molecule has 0 bridgehead atoms. The first-order chi connectivity index (χ1) is 10.3. The molecule has 0 saturated heterocycles. The summed E-state index contributed by atoms with van der Waals surface area (Å²) in [5, 5.41) is 1.42. The Morgan fingerprint density at radius 3 is 2.81 bits per heavy atom. The van der Waals surface area contributed by atoms with Crippen LogP contribution >= 0.6 is 0 Å². The SMILES string of the molecule is C[C@H]1Cc2c([nH]c3ccccc23)[C@@H]2c3ccccc3C[NH+]21. The normalized spacial score (nSPS) is 26.4. The van der Waals surface area contributed by atoms with E-state index in [0.717, 1.165) is 6.54 Å². The highest BCUT2D eigenvalue weighted by atomic mass is 15.2. The summed E-state index contributed by atoms with van der Waals surface area (Å²) in [6, 6.07) is 18.9. The molecule has 3 atom stereocenters. The minimum Gasteiger partial charge on any atom is -0.353 e. The number of benzene rings is 2. The predicted molar refractivity (Wildman–Crippen MR) is 84.4 cm³/mol. The average Bonchev–Trinajstić information content (AvgIpc) is 3.06. The molecule has 0 radical (unpaired) electrons. The van der Waals surface area contributed by atoms with Gasteiger partial charge in [0.05, 0.1) is 11.7 Å². The van der Waals surface area contributed by atoms with E-state index in [1.807, 2.05) is 0 Å². The van der Waals surface area contributed by atoms with Crippen molar-refractivity contribution in [2.45, 2.75) is 32.0 Å². The van der Waals surface area contributed by atoms with E-state index < -0.39 is 0 Å². The average molecular weight is 275 g/mol. The molecule has 2 nitrogen and oxygen atoms in total. The van der Waals surface area contributed by atoms with E-state index in [9.17, 15) is 0 Å². The van der Waals surface area contributed by atoms with Crippen molar-refractivity contribution in [2.75, 3.05) is 0 Å². The molecule has 1 unspecified atom stereocenters. The van der Waals surface area contributed by atoms with Gasteiger partial charge in [0.15, 0.2) is 6.04 Å². The molecule has 1 aromatic heterocycles. The monoisotopic (exact) mass is 275 g/mol. The molecule has 5 rings (SSSR count). The summed E-state index contributed by atoms with van der Waals surface area (Å²) in [6.07, 6.45) is 1.18. The van der Waals surface area contributed by atoms with Crippen LogP contribution < -0.4 is 4.90 Å². The smallest absolute Gasteiger partial charge is 0.155 e. The molecule has 2 aliphatic rings. The molecule has 2 aromatic carbocycles. The van der Waals surface area contributed by atoms with Gasteiger partial charge in [-0.25, -0.2) is 0 Å². The van der Waals surface area contributed by atoms with Crippen LogP contribution in [0.25, 0.3) is 10.9 Å². The van der Waals surface area contributed by atoms with Gasteiger partial charge in [-0.1, -0.05) is 42.5 Å². The van der Waals surface area contributed by atoms with Crippen molar-refractivity contribution >= 4 is 10.9 Å². The third kappa shape index (κ3) is 1.46. The fraction of sp³-hybridized carbons (Fsp3) is 0.263. The molecule has 2 N–H and O–H groups in total. The third-order valence-corrected chi connectivity index (χ3v) is 5.41. The molecule has 0 saturated carbocycles. The quantitative estimate of drug-likeness (QED) is 0.629. The number of hydrogen-bond acceptors (Lipinski definition) is 0. The molecule has 3 aromatic rings. The van der Waals surface area contributed by atoms with Gasteiger partial charge in [-0.2, -0.15) is 0 Å². The van der Waals surface area contributed by atoms with Gasteiger partial charge < -0.3 is 9.88 Å². The Morgan fingerprint density at radius 1 is 1.05 bits per heavy atom. The summed E-state index contributed by atoms with van der Waals surface area (Å²) >= 11 is 0. The molecule has 2 heteroatoms. The van der Waals surface area contributed by atoms with Crippen LogP contribution in [0.1, 0.15) is 35.3 Å². The van der Waals surface area contributed by atoms with E-state index in [0.29, 0.717) is 12.1 Å². The van der Waals surface area contributed by atoms with Crippen LogP contribution in [0.15, 0.2) is 48.5 Å². The van der Waals surface area contributed by atoms with E-state index in [-0.39, 0.29) is 0 Å². The summed E-state index contributed by atoms with van der Waals surface area (Å²) in [6.45, 7) is 3.57. The minimum absolute atomic E-state index is 0.493. The minimum atomic E-state index is 0.493. The number of para-hydroxylation sites is 1. The largest absolute Gasteiger partial charge is 0.353 e. The van der Waals surface area contributed by atoms with Crippen molar-refractivity contribution in [1.82, 2.24) is 4.98 Å². The first-order valence-electron chi connectivity index (χ1n) is 7.86. The van der Waals surface area contributed by atoms with E-state index >= 15 is 0 Å². The first-order valence-corrected chi connectivity index (χ1v) is 7.86. The van der Waals surface area contributed by atoms with Crippen LogP contribution in [-0.4, -0.2) is 11.0 Å². The Balaban J connectivity index is 1.80. The van der Waals surface area contributed by atoms with Crippen molar-refractivity contribution in [3.63, 3.8) is 0 Å². The standard InChI is InChI=1S/C19H18N2/c1-12-10-16-15-8-4-5-9-17(15)20-18(16)19-14-7-3-2-6-13(14)11-21(12)19/h2-9,12,19-20H,10-11H2,1H3/p+1/t12-,19-/m0/s1. The first kappa shape index (κ1) is 11.6. The van der Waals surface area contributed by atoms with E-state index in [2.05, 4.69) is 60.4 Å². The zero-order valence-corrected chi connectivity index (χ0v) is 12.2. The summed E-state index contributed by atoms with van der Waals surface area (Å²) in [7, 11) is 0. The number of aromatic nitrogens is 1. The lowest BCUT2D eigenvalue weighted by Gasteiger charge is -2.32. The maximum Gasteiger partial charge on any atom is 0.155 e. The van der Waals surface area contributed by atoms with Gasteiger partial charge in [0.2, 0.25) is 0 Å². The fourth-order valence-electron chi connectivity index (χ4n) is 4.42. The van der Waals surface area contributed by atoms with Gasteiger partial charge in [0, 0.05) is 28.5 Å². The zero-order valence-electron chi connectivity index (χ0n) is 12.2. The van der Waals surface area contributed by atoms with Crippen molar-refractivity contribution in [1.29, 1.82) is 0 Å². The van der Waals surface area contributed by atoms with E-state index in [1.165, 1.54) is 34.1 Å². The Kier molecular flexibility index (Phi) is 2.20. The van der Waals surface area contributed by atoms with Gasteiger partial charge >= 0.3 is 0 Å². The van der Waals surface area contributed by atoms with Gasteiger partial charge in [0.1, 0.15) is 6.54 Å². The maximum absolute atomic E-state index is 3.73. The topological polar surface area (TPSA) is 20.2 Å². The number of H-pyrrole nitrogens is 1. The second-order valence-electron chi connectivity index (χ2n) is 6.55. The molecule has 2 aliphatic heterocycles. The summed E-state index contributed by atoms with van der Waals surface area (Å²) in [5.41, 5.74) is 7.33. The van der Waals surface area contributed by atoms with Gasteiger partial charge in [0.25, 0.3) is 0 Å². The van der Waals surface area contributed by atoms with Crippen molar-refractivity contribution in [2.24, 2.45) is 0 Å². The number of hydrogen-bond donors (Lipinski definition) is 2. The number of quaternary nitrogens is 1. The van der Waals surface area contributed by atoms with E-state index in [4.69, 9.17) is 0 Å². The maximum atomic E-state index is 3.73. The Hall–Kier alpha value is -2.06. The Bertz CT molecular complexity index is 846.